The summed E-state index contributed by atoms with van der Waals surface area (Å²) in [4.78, 5) is 12.4. The highest BCUT2D eigenvalue weighted by Gasteiger charge is 2.18. The van der Waals surface area contributed by atoms with Crippen LogP contribution in [0.25, 0.3) is 0 Å². The smallest absolute Gasteiger partial charge is 0.234 e. The molecule has 0 aromatic carbocycles. The number of nitrogens with zero attached hydrogens (tertiary/aromatic N) is 1. The number of nitrogens with one attached hydrogen (secondary N) is 1. The van der Waals surface area contributed by atoms with Gasteiger partial charge in [0.1, 0.15) is 0 Å². The van der Waals surface area contributed by atoms with E-state index >= 15 is 0 Å². The number of rotatable bonds is 2. The first-order chi connectivity index (χ1) is 8.20. The van der Waals surface area contributed by atoms with Crippen LogP contribution >= 0.6 is 0 Å². The Morgan fingerprint density at radius 1 is 1.54 bits per heavy atom. The molecule has 1 heterocycles. The van der Waals surface area contributed by atoms with Crippen LogP contribution in [0.15, 0.2) is 0 Å². The largest absolute Gasteiger partial charge is 0.350 e. The van der Waals surface area contributed by atoms with E-state index in [4.69, 9.17) is 8.22 Å². The van der Waals surface area contributed by atoms with E-state index in [1.165, 1.54) is 0 Å². The normalized spacial score (nSPS) is 34.7. The fraction of sp³-hybridized carbons (Fsp3) is 0.900. The van der Waals surface area contributed by atoms with Crippen molar-refractivity contribution in [2.24, 2.45) is 0 Å². The van der Waals surface area contributed by atoms with E-state index in [0.717, 1.165) is 0 Å². The number of carbonyl (C=O) groups excluding carboxylic acids is 1. The number of carbonyl (C=O) groups is 1. The van der Waals surface area contributed by atoms with Gasteiger partial charge >= 0.3 is 0 Å². The second-order valence-electron chi connectivity index (χ2n) is 3.97. The third kappa shape index (κ3) is 4.27. The van der Waals surface area contributed by atoms with E-state index in [0.29, 0.717) is 4.90 Å². The zero-order chi connectivity index (χ0) is 15.3. The zero-order valence-electron chi connectivity index (χ0n) is 14.3. The quantitative estimate of drug-likeness (QED) is 0.704. The molecule has 3 heteroatoms. The number of likely N-dealkylation sites (tertiary alicyclic amines) is 1. The van der Waals surface area contributed by atoms with Crippen molar-refractivity contribution in [3.63, 3.8) is 0 Å². The monoisotopic (exact) mass is 190 g/mol. The first-order valence-electron chi connectivity index (χ1n) is 7.33. The molecule has 1 aliphatic rings. The average Bonchev–Trinajstić information content (AvgIpc) is 2.32. The van der Waals surface area contributed by atoms with Crippen LogP contribution < -0.4 is 5.32 Å². The van der Waals surface area contributed by atoms with Crippen molar-refractivity contribution in [1.29, 1.82) is 0 Å². The Morgan fingerprint density at radius 3 is 2.54 bits per heavy atom. The van der Waals surface area contributed by atoms with Gasteiger partial charge in [0.15, 0.2) is 0 Å². The highest BCUT2D eigenvalue weighted by atomic mass is 16.2. The Morgan fingerprint density at radius 2 is 2.08 bits per heavy atom. The third-order valence-electron chi connectivity index (χ3n) is 1.37. The Hall–Kier alpha value is -0.570. The Labute approximate surface area is 88.9 Å². The summed E-state index contributed by atoms with van der Waals surface area (Å²) in [6, 6.07) is 0. The molecule has 1 rings (SSSR count). The Kier molecular flexibility index (Phi) is 1.51. The summed E-state index contributed by atoms with van der Waals surface area (Å²) in [6.07, 6.45) is -0.301. The van der Waals surface area contributed by atoms with Crippen molar-refractivity contribution < 1.29 is 13.0 Å². The number of hydrogen-bond donors (Lipinski definition) is 1. The molecule has 13 heavy (non-hydrogen) atoms. The van der Waals surface area contributed by atoms with Gasteiger partial charge in [-0.15, -0.1) is 0 Å². The van der Waals surface area contributed by atoms with Gasteiger partial charge in [-0.3, -0.25) is 9.69 Å². The lowest BCUT2D eigenvalue weighted by Gasteiger charge is -2.22. The molecule has 0 bridgehead atoms. The molecule has 0 atom stereocenters. The van der Waals surface area contributed by atoms with Crippen LogP contribution in [-0.2, 0) is 4.79 Å². The van der Waals surface area contributed by atoms with Crippen LogP contribution in [0.1, 0.15) is 41.8 Å². The maximum absolute atomic E-state index is 12.0. The van der Waals surface area contributed by atoms with Gasteiger partial charge in [-0.25, -0.2) is 0 Å². The van der Waals surface area contributed by atoms with Crippen LogP contribution in [0.4, 0.5) is 0 Å². The molecule has 0 spiro atoms. The van der Waals surface area contributed by atoms with Gasteiger partial charge < -0.3 is 5.32 Å². The van der Waals surface area contributed by atoms with Gasteiger partial charge in [-0.05, 0) is 46.6 Å². The SMILES string of the molecule is [2H]C1([2H])CCC([2H])([2H])N1C([2H])([2H])C(=O)NC(C)(C)C. The Balaban J connectivity index is 3.08. The summed E-state index contributed by atoms with van der Waals surface area (Å²) in [5.41, 5.74) is -0.677. The van der Waals surface area contributed by atoms with Crippen LogP contribution in [0.3, 0.4) is 0 Å². The first-order valence-corrected chi connectivity index (χ1v) is 4.33. The highest BCUT2D eigenvalue weighted by molar-refractivity contribution is 5.78. The first kappa shape index (κ1) is 4.78. The highest BCUT2D eigenvalue weighted by Crippen LogP contribution is 2.06. The van der Waals surface area contributed by atoms with Crippen molar-refractivity contribution >= 4 is 5.91 Å². The molecule has 76 valence electrons. The number of amides is 1. The molecule has 1 saturated heterocycles. The molecule has 0 aromatic heterocycles. The second-order valence-corrected chi connectivity index (χ2v) is 3.97. The molecule has 1 amide bonds. The van der Waals surface area contributed by atoms with Gasteiger partial charge in [0, 0.05) is 11.0 Å². The van der Waals surface area contributed by atoms with Crippen LogP contribution in [-0.4, -0.2) is 35.8 Å². The van der Waals surface area contributed by atoms with Crippen molar-refractivity contribution in [2.45, 2.75) is 39.2 Å². The lowest BCUT2D eigenvalue weighted by molar-refractivity contribution is -0.123. The molecule has 0 aliphatic carbocycles. The summed E-state index contributed by atoms with van der Waals surface area (Å²) in [5.74, 6) is -1.03. The molecule has 0 aromatic rings. The fourth-order valence-electron chi connectivity index (χ4n) is 0.940. The topological polar surface area (TPSA) is 32.3 Å². The molecule has 1 N–H and O–H groups in total. The minimum atomic E-state index is -2.75. The van der Waals surface area contributed by atoms with E-state index in [9.17, 15) is 4.79 Å². The molecule has 3 nitrogen and oxygen atoms in total. The van der Waals surface area contributed by atoms with Gasteiger partial charge in [-0.2, -0.15) is 0 Å². The van der Waals surface area contributed by atoms with Crippen LogP contribution in [0.5, 0.6) is 0 Å². The summed E-state index contributed by atoms with van der Waals surface area (Å²) in [5, 5.41) is 2.42. The predicted octanol–water partition coefficient (Wildman–Crippen LogP) is 0.997. The van der Waals surface area contributed by atoms with Crippen molar-refractivity contribution in [3.05, 3.63) is 0 Å². The van der Waals surface area contributed by atoms with Crippen molar-refractivity contribution in [3.8, 4) is 0 Å². The summed E-state index contributed by atoms with van der Waals surface area (Å²) in [6.45, 7) is -2.11. The van der Waals surface area contributed by atoms with Gasteiger partial charge in [0.25, 0.3) is 0 Å². The number of hydrogen-bond acceptors (Lipinski definition) is 2. The van der Waals surface area contributed by atoms with Gasteiger partial charge in [-0.1, -0.05) is 0 Å². The van der Waals surface area contributed by atoms with Crippen LogP contribution in [0.2, 0.25) is 0 Å². The molecule has 0 radical (unpaired) electrons. The lowest BCUT2D eigenvalue weighted by atomic mass is 10.1. The Bertz CT molecular complexity index is 361. The summed E-state index contributed by atoms with van der Waals surface area (Å²) < 4.78 is 46.5. The average molecular weight is 190 g/mol. The second kappa shape index (κ2) is 4.09. The summed E-state index contributed by atoms with van der Waals surface area (Å²) in [7, 11) is 0. The summed E-state index contributed by atoms with van der Waals surface area (Å²) >= 11 is 0. The van der Waals surface area contributed by atoms with Crippen molar-refractivity contribution in [1.82, 2.24) is 10.2 Å². The van der Waals surface area contributed by atoms with E-state index in [2.05, 4.69) is 5.32 Å². The minimum absolute atomic E-state index is 0.150. The predicted molar refractivity (Wildman–Crippen MR) is 53.6 cm³/mol. The molecular formula is C10H20N2O. The maximum atomic E-state index is 12.0. The maximum Gasteiger partial charge on any atom is 0.234 e. The molecule has 0 saturated carbocycles. The minimum Gasteiger partial charge on any atom is -0.350 e. The van der Waals surface area contributed by atoms with Crippen molar-refractivity contribution in [2.75, 3.05) is 19.5 Å². The van der Waals surface area contributed by atoms with E-state index in [1.807, 2.05) is 0 Å². The van der Waals surface area contributed by atoms with Crippen LogP contribution in [0, 0.1) is 0 Å². The van der Waals surface area contributed by atoms with E-state index in [-0.39, 0.29) is 12.8 Å². The molecule has 1 fully saturated rings. The lowest BCUT2D eigenvalue weighted by Crippen LogP contribution is -2.45. The molecule has 1 aliphatic heterocycles. The molecule has 0 unspecified atom stereocenters. The fourth-order valence-corrected chi connectivity index (χ4v) is 0.940. The van der Waals surface area contributed by atoms with E-state index in [1.54, 1.807) is 20.8 Å². The molecular weight excluding hydrogens is 164 g/mol. The van der Waals surface area contributed by atoms with Gasteiger partial charge in [0.05, 0.1) is 9.24 Å². The zero-order valence-corrected chi connectivity index (χ0v) is 8.27. The standard InChI is InChI=1S/C10H20N2O/c1-10(2,3)11-9(13)8-12-6-4-5-7-12/h4-8H2,1-3H3,(H,11,13)/i6D2,7D2,8D2. The van der Waals surface area contributed by atoms with Gasteiger partial charge in [0.2, 0.25) is 5.91 Å². The van der Waals surface area contributed by atoms with E-state index < -0.39 is 30.9 Å². The third-order valence-corrected chi connectivity index (χ3v) is 1.37.